The number of nitrogens with zero attached hydrogens (tertiary/aromatic N) is 2. The number of ether oxygens (including phenoxy) is 2. The topological polar surface area (TPSA) is 43.7 Å². The van der Waals surface area contributed by atoms with Gasteiger partial charge in [-0.25, -0.2) is 4.79 Å². The molecule has 2 heterocycles. The predicted octanol–water partition coefficient (Wildman–Crippen LogP) is 4.28. The van der Waals surface area contributed by atoms with Crippen molar-refractivity contribution in [2.75, 3.05) is 13.1 Å². The first-order valence-electron chi connectivity index (χ1n) is 9.67. The maximum atomic E-state index is 12.4. The summed E-state index contributed by atoms with van der Waals surface area (Å²) in [4.78, 5) is 14.1. The van der Waals surface area contributed by atoms with Crippen LogP contribution in [0, 0.1) is 12.0 Å². The lowest BCUT2D eigenvalue weighted by Crippen LogP contribution is -2.48. The van der Waals surface area contributed by atoms with Gasteiger partial charge in [0.25, 0.3) is 0 Å². The van der Waals surface area contributed by atoms with Crippen molar-refractivity contribution in [2.45, 2.75) is 51.4 Å². The molecule has 0 unspecified atom stereocenters. The Kier molecular flexibility index (Phi) is 6.11. The highest BCUT2D eigenvalue weighted by Crippen LogP contribution is 2.28. The summed E-state index contributed by atoms with van der Waals surface area (Å²) >= 11 is 0. The summed E-state index contributed by atoms with van der Waals surface area (Å²) in [6.45, 7) is 7.25. The fraction of sp³-hybridized carbons (Fsp3) is 0.435. The number of piperidine rings is 1. The van der Waals surface area contributed by atoms with Gasteiger partial charge in [0.1, 0.15) is 11.2 Å². The molecule has 5 nitrogen and oxygen atoms in total. The van der Waals surface area contributed by atoms with Crippen LogP contribution in [0.3, 0.4) is 0 Å². The van der Waals surface area contributed by atoms with Gasteiger partial charge in [-0.2, -0.15) is 0 Å². The number of hydrogen-bond acceptors (Lipinski definition) is 3. The van der Waals surface area contributed by atoms with Crippen LogP contribution < -0.4 is 0 Å². The molecular formula is C23H28N2O3. The molecule has 1 amide bonds. The first-order chi connectivity index (χ1) is 13.4. The van der Waals surface area contributed by atoms with Crippen LogP contribution >= 0.6 is 0 Å². The normalized spacial score (nSPS) is 16.2. The molecule has 0 saturated carbocycles. The first kappa shape index (κ1) is 20.0. The third kappa shape index (κ3) is 5.64. The van der Waals surface area contributed by atoms with Gasteiger partial charge in [-0.15, -0.1) is 0 Å². The Morgan fingerprint density at radius 1 is 1.07 bits per heavy atom. The van der Waals surface area contributed by atoms with Crippen molar-refractivity contribution in [1.82, 2.24) is 9.47 Å². The highest BCUT2D eigenvalue weighted by atomic mass is 16.6. The zero-order chi connectivity index (χ0) is 20.0. The molecule has 0 spiro atoms. The van der Waals surface area contributed by atoms with Gasteiger partial charge in [-0.1, -0.05) is 30.3 Å². The van der Waals surface area contributed by atoms with E-state index < -0.39 is 11.2 Å². The van der Waals surface area contributed by atoms with Gasteiger partial charge in [0, 0.05) is 44.4 Å². The Hall–Kier alpha value is -2.71. The minimum absolute atomic E-state index is 0.275. The van der Waals surface area contributed by atoms with E-state index in [-0.39, 0.29) is 6.09 Å². The van der Waals surface area contributed by atoms with Crippen molar-refractivity contribution in [3.05, 3.63) is 60.4 Å². The largest absolute Gasteiger partial charge is 0.444 e. The number of carbonyl (C=O) groups excluding carboxylic acids is 1. The second-order valence-corrected chi connectivity index (χ2v) is 8.06. The van der Waals surface area contributed by atoms with Gasteiger partial charge in [0.15, 0.2) is 0 Å². The van der Waals surface area contributed by atoms with Crippen molar-refractivity contribution in [1.29, 1.82) is 0 Å². The van der Waals surface area contributed by atoms with Crippen LogP contribution in [0.25, 0.3) is 0 Å². The van der Waals surface area contributed by atoms with E-state index in [2.05, 4.69) is 12.0 Å². The van der Waals surface area contributed by atoms with Crippen LogP contribution in [0.15, 0.2) is 54.9 Å². The van der Waals surface area contributed by atoms with E-state index in [9.17, 15) is 4.79 Å². The van der Waals surface area contributed by atoms with Gasteiger partial charge in [-0.3, -0.25) is 4.57 Å². The van der Waals surface area contributed by atoms with Gasteiger partial charge in [0.05, 0.1) is 6.61 Å². The Labute approximate surface area is 167 Å². The molecule has 148 valence electrons. The molecular weight excluding hydrogens is 352 g/mol. The minimum atomic E-state index is -0.585. The summed E-state index contributed by atoms with van der Waals surface area (Å²) in [7, 11) is 0. The fourth-order valence-corrected chi connectivity index (χ4v) is 3.05. The highest BCUT2D eigenvalue weighted by molar-refractivity contribution is 5.68. The number of rotatable bonds is 3. The van der Waals surface area contributed by atoms with E-state index in [1.807, 2.05) is 80.2 Å². The number of likely N-dealkylation sites (tertiary alicyclic amines) is 1. The molecule has 1 aromatic carbocycles. The maximum Gasteiger partial charge on any atom is 0.410 e. The lowest BCUT2D eigenvalue weighted by Gasteiger charge is -2.38. The molecule has 0 radical (unpaired) electrons. The van der Waals surface area contributed by atoms with Crippen LogP contribution in [-0.4, -0.2) is 39.9 Å². The molecule has 0 N–H and O–H groups in total. The quantitative estimate of drug-likeness (QED) is 0.747. The summed E-state index contributed by atoms with van der Waals surface area (Å²) in [6.07, 6.45) is 4.84. The maximum absolute atomic E-state index is 12.4. The summed E-state index contributed by atoms with van der Waals surface area (Å²) in [5.41, 5.74) is 0.0293. The van der Waals surface area contributed by atoms with Gasteiger partial charge >= 0.3 is 6.09 Å². The zero-order valence-corrected chi connectivity index (χ0v) is 16.9. The second-order valence-electron chi connectivity index (χ2n) is 8.06. The van der Waals surface area contributed by atoms with E-state index in [0.717, 1.165) is 5.56 Å². The van der Waals surface area contributed by atoms with Gasteiger partial charge in [-0.05, 0) is 44.4 Å². The molecule has 1 aromatic heterocycles. The summed E-state index contributed by atoms with van der Waals surface area (Å²) in [5.74, 6) is 3.33. The number of aromatic nitrogens is 1. The monoisotopic (exact) mass is 380 g/mol. The Bertz CT molecular complexity index is 818. The van der Waals surface area contributed by atoms with Crippen LogP contribution in [0.2, 0.25) is 0 Å². The van der Waals surface area contributed by atoms with Gasteiger partial charge < -0.3 is 14.4 Å². The minimum Gasteiger partial charge on any atom is -0.444 e. The van der Waals surface area contributed by atoms with Crippen LogP contribution in [0.1, 0.15) is 39.2 Å². The van der Waals surface area contributed by atoms with Crippen LogP contribution in [0.4, 0.5) is 4.79 Å². The molecule has 1 saturated heterocycles. The first-order valence-corrected chi connectivity index (χ1v) is 9.67. The molecule has 1 aliphatic heterocycles. The van der Waals surface area contributed by atoms with E-state index in [1.165, 1.54) is 0 Å². The third-order valence-corrected chi connectivity index (χ3v) is 4.60. The standard InChI is InChI=1S/C23H28N2O3/c1-22(2,3)28-21(26)25-17-12-23(13-18-25,11-16-24-14-7-8-15-24)27-19-20-9-5-4-6-10-20/h4-10,14-15H,12-13,17-19H2,1-3H3. The smallest absolute Gasteiger partial charge is 0.410 e. The second kappa shape index (κ2) is 8.53. The molecule has 0 atom stereocenters. The lowest BCUT2D eigenvalue weighted by molar-refractivity contribution is -0.0560. The van der Waals surface area contributed by atoms with E-state index in [1.54, 1.807) is 4.90 Å². The Morgan fingerprint density at radius 2 is 1.71 bits per heavy atom. The van der Waals surface area contributed by atoms with E-state index >= 15 is 0 Å². The molecule has 2 aromatic rings. The fourth-order valence-electron chi connectivity index (χ4n) is 3.05. The van der Waals surface area contributed by atoms with E-state index in [4.69, 9.17) is 9.47 Å². The molecule has 0 bridgehead atoms. The van der Waals surface area contributed by atoms with Crippen molar-refractivity contribution in [3.63, 3.8) is 0 Å². The average molecular weight is 380 g/mol. The van der Waals surface area contributed by atoms with Crippen molar-refractivity contribution < 1.29 is 14.3 Å². The Morgan fingerprint density at radius 3 is 2.32 bits per heavy atom. The summed E-state index contributed by atoms with van der Waals surface area (Å²) in [6, 6.07) is 17.1. The number of hydrogen-bond donors (Lipinski definition) is 0. The van der Waals surface area contributed by atoms with Crippen molar-refractivity contribution >= 4 is 6.09 Å². The highest BCUT2D eigenvalue weighted by Gasteiger charge is 2.37. The summed E-state index contributed by atoms with van der Waals surface area (Å²) < 4.78 is 13.6. The number of benzene rings is 1. The Balaban J connectivity index is 1.70. The zero-order valence-electron chi connectivity index (χ0n) is 16.9. The predicted molar refractivity (Wildman–Crippen MR) is 109 cm³/mol. The lowest BCUT2D eigenvalue weighted by atomic mass is 9.92. The van der Waals surface area contributed by atoms with Crippen molar-refractivity contribution in [3.8, 4) is 12.0 Å². The number of amides is 1. The van der Waals surface area contributed by atoms with Crippen LogP contribution in [0.5, 0.6) is 0 Å². The average Bonchev–Trinajstić information content (AvgIpc) is 3.19. The SMILES string of the molecule is CC(C)(C)OC(=O)N1CCC(C#Cn2cccc2)(OCc2ccccc2)CC1. The molecule has 0 aliphatic carbocycles. The summed E-state index contributed by atoms with van der Waals surface area (Å²) in [5, 5.41) is 0. The van der Waals surface area contributed by atoms with Crippen LogP contribution in [-0.2, 0) is 16.1 Å². The molecule has 3 rings (SSSR count). The molecule has 5 heteroatoms. The molecule has 1 fully saturated rings. The van der Waals surface area contributed by atoms with Crippen molar-refractivity contribution in [2.24, 2.45) is 0 Å². The van der Waals surface area contributed by atoms with E-state index in [0.29, 0.717) is 32.5 Å². The molecule has 1 aliphatic rings. The van der Waals surface area contributed by atoms with Gasteiger partial charge in [0.2, 0.25) is 0 Å². The third-order valence-electron chi connectivity index (χ3n) is 4.60. The molecule has 28 heavy (non-hydrogen) atoms. The number of carbonyl (C=O) groups is 1.